The van der Waals surface area contributed by atoms with Crippen LogP contribution in [0.4, 0.5) is 0 Å². The number of hydrogen-bond acceptors (Lipinski definition) is 3. The quantitative estimate of drug-likeness (QED) is 0.842. The molecule has 1 atom stereocenters. The van der Waals surface area contributed by atoms with Crippen LogP contribution in [-0.4, -0.2) is 31.2 Å². The van der Waals surface area contributed by atoms with Crippen LogP contribution in [0.2, 0.25) is 5.02 Å². The second kappa shape index (κ2) is 5.83. The molecule has 0 saturated carbocycles. The van der Waals surface area contributed by atoms with Crippen LogP contribution in [0.1, 0.15) is 11.6 Å². The van der Waals surface area contributed by atoms with Crippen molar-refractivity contribution < 1.29 is 4.74 Å². The summed E-state index contributed by atoms with van der Waals surface area (Å²) in [5.41, 5.74) is 0.933. The van der Waals surface area contributed by atoms with Crippen LogP contribution in [0.5, 0.6) is 0 Å². The van der Waals surface area contributed by atoms with Crippen molar-refractivity contribution in [3.05, 3.63) is 33.3 Å². The highest BCUT2D eigenvalue weighted by Gasteiger charge is 2.22. The Bertz CT molecular complexity index is 441. The van der Waals surface area contributed by atoms with Crippen molar-refractivity contribution in [1.82, 2.24) is 4.90 Å². The summed E-state index contributed by atoms with van der Waals surface area (Å²) >= 11 is 9.40. The molecular formula is C12H12BrClN2O. The molecule has 0 aliphatic carbocycles. The molecule has 0 aromatic heterocycles. The van der Waals surface area contributed by atoms with E-state index in [0.29, 0.717) is 18.2 Å². The Morgan fingerprint density at radius 1 is 1.41 bits per heavy atom. The highest BCUT2D eigenvalue weighted by molar-refractivity contribution is 9.10. The summed E-state index contributed by atoms with van der Waals surface area (Å²) in [5, 5.41) is 9.94. The van der Waals surface area contributed by atoms with Gasteiger partial charge in [-0.15, -0.1) is 0 Å². The zero-order valence-electron chi connectivity index (χ0n) is 9.20. The molecule has 1 aliphatic heterocycles. The minimum Gasteiger partial charge on any atom is -0.379 e. The summed E-state index contributed by atoms with van der Waals surface area (Å²) in [4.78, 5) is 2.11. The fourth-order valence-electron chi connectivity index (χ4n) is 1.89. The van der Waals surface area contributed by atoms with E-state index >= 15 is 0 Å². The van der Waals surface area contributed by atoms with Crippen LogP contribution in [0.15, 0.2) is 22.7 Å². The van der Waals surface area contributed by atoms with Crippen molar-refractivity contribution >= 4 is 27.5 Å². The first-order valence-electron chi connectivity index (χ1n) is 5.38. The van der Waals surface area contributed by atoms with E-state index in [2.05, 4.69) is 26.9 Å². The van der Waals surface area contributed by atoms with Gasteiger partial charge in [-0.25, -0.2) is 0 Å². The largest absolute Gasteiger partial charge is 0.379 e. The van der Waals surface area contributed by atoms with Gasteiger partial charge in [0.05, 0.1) is 24.3 Å². The number of morpholine rings is 1. The van der Waals surface area contributed by atoms with Gasteiger partial charge in [0.1, 0.15) is 6.04 Å². The molecule has 0 radical (unpaired) electrons. The van der Waals surface area contributed by atoms with Gasteiger partial charge in [0.25, 0.3) is 0 Å². The van der Waals surface area contributed by atoms with Crippen LogP contribution < -0.4 is 0 Å². The van der Waals surface area contributed by atoms with Crippen LogP contribution >= 0.6 is 27.5 Å². The van der Waals surface area contributed by atoms with Gasteiger partial charge in [0, 0.05) is 17.6 Å². The molecule has 1 aromatic carbocycles. The Labute approximate surface area is 114 Å². The maximum Gasteiger partial charge on any atom is 0.124 e. The normalized spacial score (nSPS) is 18.6. The smallest absolute Gasteiger partial charge is 0.124 e. The lowest BCUT2D eigenvalue weighted by Gasteiger charge is -2.30. The van der Waals surface area contributed by atoms with E-state index in [-0.39, 0.29) is 6.04 Å². The molecule has 0 bridgehead atoms. The van der Waals surface area contributed by atoms with E-state index < -0.39 is 0 Å². The molecule has 0 amide bonds. The number of rotatable bonds is 2. The predicted molar refractivity (Wildman–Crippen MR) is 69.9 cm³/mol. The Morgan fingerprint density at radius 2 is 2.12 bits per heavy atom. The zero-order valence-corrected chi connectivity index (χ0v) is 11.5. The van der Waals surface area contributed by atoms with E-state index in [9.17, 15) is 5.26 Å². The Kier molecular flexibility index (Phi) is 4.41. The number of halogens is 2. The van der Waals surface area contributed by atoms with E-state index in [0.717, 1.165) is 23.1 Å². The van der Waals surface area contributed by atoms with Crippen molar-refractivity contribution in [3.63, 3.8) is 0 Å². The van der Waals surface area contributed by atoms with Crippen LogP contribution in [-0.2, 0) is 4.74 Å². The lowest BCUT2D eigenvalue weighted by atomic mass is 10.1. The molecule has 0 spiro atoms. The Morgan fingerprint density at radius 3 is 2.71 bits per heavy atom. The van der Waals surface area contributed by atoms with Crippen LogP contribution in [0.3, 0.4) is 0 Å². The summed E-state index contributed by atoms with van der Waals surface area (Å²) in [6, 6.07) is 7.73. The van der Waals surface area contributed by atoms with E-state index in [1.54, 1.807) is 0 Å². The van der Waals surface area contributed by atoms with Gasteiger partial charge in [-0.3, -0.25) is 4.90 Å². The monoisotopic (exact) mass is 314 g/mol. The van der Waals surface area contributed by atoms with Crippen molar-refractivity contribution in [3.8, 4) is 6.07 Å². The molecular weight excluding hydrogens is 304 g/mol. The van der Waals surface area contributed by atoms with Crippen molar-refractivity contribution in [2.24, 2.45) is 0 Å². The van der Waals surface area contributed by atoms with Gasteiger partial charge in [-0.1, -0.05) is 17.7 Å². The third-order valence-corrected chi connectivity index (χ3v) is 4.02. The number of nitrogens with zero attached hydrogens (tertiary/aromatic N) is 2. The van der Waals surface area contributed by atoms with Crippen molar-refractivity contribution in [2.45, 2.75) is 6.04 Å². The zero-order chi connectivity index (χ0) is 12.3. The first kappa shape index (κ1) is 12.8. The number of hydrogen-bond donors (Lipinski definition) is 0. The lowest BCUT2D eigenvalue weighted by Crippen LogP contribution is -2.38. The highest BCUT2D eigenvalue weighted by Crippen LogP contribution is 2.28. The summed E-state index contributed by atoms with van der Waals surface area (Å²) in [6.07, 6.45) is 0. The van der Waals surface area contributed by atoms with Gasteiger partial charge in [0.15, 0.2) is 0 Å². The molecule has 1 aromatic rings. The highest BCUT2D eigenvalue weighted by atomic mass is 79.9. The second-order valence-corrected chi connectivity index (χ2v) is 5.12. The molecule has 17 heavy (non-hydrogen) atoms. The van der Waals surface area contributed by atoms with Gasteiger partial charge in [0.2, 0.25) is 0 Å². The Hall–Kier alpha value is -0.600. The third kappa shape index (κ3) is 2.99. The Balaban J connectivity index is 2.22. The summed E-state index contributed by atoms with van der Waals surface area (Å²) in [5.74, 6) is 0. The molecule has 90 valence electrons. The van der Waals surface area contributed by atoms with Gasteiger partial charge < -0.3 is 4.74 Å². The average molecular weight is 316 g/mol. The van der Waals surface area contributed by atoms with Crippen molar-refractivity contribution in [2.75, 3.05) is 26.3 Å². The minimum absolute atomic E-state index is 0.246. The lowest BCUT2D eigenvalue weighted by molar-refractivity contribution is 0.0266. The first-order chi connectivity index (χ1) is 8.22. The molecule has 5 heteroatoms. The summed E-state index contributed by atoms with van der Waals surface area (Å²) < 4.78 is 6.14. The van der Waals surface area contributed by atoms with Gasteiger partial charge in [-0.05, 0) is 33.6 Å². The van der Waals surface area contributed by atoms with E-state index in [1.165, 1.54) is 0 Å². The van der Waals surface area contributed by atoms with Crippen molar-refractivity contribution in [1.29, 1.82) is 5.26 Å². The minimum atomic E-state index is -0.246. The molecule has 1 heterocycles. The standard InChI is InChI=1S/C12H12BrClN2O/c13-10-2-1-9(7-11(10)14)12(8-15)16-3-5-17-6-4-16/h1-2,7,12H,3-6H2. The number of ether oxygens (including phenoxy) is 1. The molecule has 1 saturated heterocycles. The number of benzene rings is 1. The summed E-state index contributed by atoms with van der Waals surface area (Å²) in [7, 11) is 0. The average Bonchev–Trinajstić information content (AvgIpc) is 2.36. The van der Waals surface area contributed by atoms with E-state index in [4.69, 9.17) is 16.3 Å². The predicted octanol–water partition coefficient (Wildman–Crippen LogP) is 3.00. The first-order valence-corrected chi connectivity index (χ1v) is 6.56. The topological polar surface area (TPSA) is 36.3 Å². The number of nitriles is 1. The van der Waals surface area contributed by atoms with Gasteiger partial charge in [-0.2, -0.15) is 5.26 Å². The molecule has 3 nitrogen and oxygen atoms in total. The molecule has 1 aliphatic rings. The fourth-order valence-corrected chi connectivity index (χ4v) is 2.32. The fraction of sp³-hybridized carbons (Fsp3) is 0.417. The van der Waals surface area contributed by atoms with Gasteiger partial charge >= 0.3 is 0 Å². The maximum absolute atomic E-state index is 9.30. The molecule has 1 unspecified atom stereocenters. The molecule has 0 N–H and O–H groups in total. The molecule has 2 rings (SSSR count). The maximum atomic E-state index is 9.30. The van der Waals surface area contributed by atoms with E-state index in [1.807, 2.05) is 18.2 Å². The molecule has 1 fully saturated rings. The van der Waals surface area contributed by atoms with Crippen LogP contribution in [0, 0.1) is 11.3 Å². The summed E-state index contributed by atoms with van der Waals surface area (Å²) in [6.45, 7) is 2.93. The van der Waals surface area contributed by atoms with Crippen LogP contribution in [0.25, 0.3) is 0 Å². The third-order valence-electron chi connectivity index (χ3n) is 2.79. The second-order valence-electron chi connectivity index (χ2n) is 3.85. The SMILES string of the molecule is N#CC(c1ccc(Br)c(Cl)c1)N1CCOCC1.